The van der Waals surface area contributed by atoms with Crippen molar-refractivity contribution in [1.29, 1.82) is 0 Å². The van der Waals surface area contributed by atoms with E-state index in [1.807, 2.05) is 0 Å². The Bertz CT molecular complexity index is 735. The first-order chi connectivity index (χ1) is 11.2. The number of benzene rings is 1. The molecule has 1 heterocycles. The van der Waals surface area contributed by atoms with Gasteiger partial charge in [0.2, 0.25) is 0 Å². The Kier molecular flexibility index (Phi) is 5.45. The third-order valence-corrected chi connectivity index (χ3v) is 4.08. The summed E-state index contributed by atoms with van der Waals surface area (Å²) in [6.45, 7) is 3.89. The highest BCUT2D eigenvalue weighted by Gasteiger charge is 2.42. The number of carbonyl (C=O) groups is 1. The number of hydrogen-bond acceptors (Lipinski definition) is 2. The van der Waals surface area contributed by atoms with Gasteiger partial charge in [-0.1, -0.05) is 29.3 Å². The van der Waals surface area contributed by atoms with Gasteiger partial charge >= 0.3 is 6.18 Å². The maximum Gasteiger partial charge on any atom is 0.434 e. The second-order valence-electron chi connectivity index (χ2n) is 4.86. The van der Waals surface area contributed by atoms with Crippen LogP contribution in [0.4, 0.5) is 13.2 Å². The average molecular weight is 380 g/mol. The summed E-state index contributed by atoms with van der Waals surface area (Å²) in [5.74, 6) is -0.797. The van der Waals surface area contributed by atoms with Crippen LogP contribution in [0.15, 0.2) is 24.5 Å². The van der Waals surface area contributed by atoms with Crippen LogP contribution >= 0.6 is 23.2 Å². The molecule has 9 heteroatoms. The van der Waals surface area contributed by atoms with Crippen molar-refractivity contribution in [2.24, 2.45) is 0 Å². The van der Waals surface area contributed by atoms with Gasteiger partial charge in [-0.15, -0.1) is 0 Å². The van der Waals surface area contributed by atoms with E-state index in [0.717, 1.165) is 6.33 Å². The number of amides is 1. The first kappa shape index (κ1) is 18.6. The molecule has 0 aliphatic rings. The summed E-state index contributed by atoms with van der Waals surface area (Å²) in [7, 11) is 0. The lowest BCUT2D eigenvalue weighted by molar-refractivity contribution is -0.142. The van der Waals surface area contributed by atoms with E-state index in [1.165, 1.54) is 23.1 Å². The molecule has 0 saturated carbocycles. The highest BCUT2D eigenvalue weighted by molar-refractivity contribution is 6.37. The van der Waals surface area contributed by atoms with Gasteiger partial charge in [0.25, 0.3) is 5.91 Å². The van der Waals surface area contributed by atoms with Crippen LogP contribution in [-0.2, 0) is 6.18 Å². The smallest absolute Gasteiger partial charge is 0.338 e. The van der Waals surface area contributed by atoms with Crippen molar-refractivity contribution in [3.8, 4) is 5.69 Å². The molecule has 0 aliphatic carbocycles. The fraction of sp³-hybridized carbons (Fsp3) is 0.333. The quantitative estimate of drug-likeness (QED) is 0.773. The molecule has 0 radical (unpaired) electrons. The molecular formula is C15H14Cl2F3N3O. The number of nitrogens with zero attached hydrogens (tertiary/aromatic N) is 3. The molecule has 2 aromatic rings. The second-order valence-corrected chi connectivity index (χ2v) is 5.67. The first-order valence-electron chi connectivity index (χ1n) is 7.10. The molecule has 2 rings (SSSR count). The van der Waals surface area contributed by atoms with Gasteiger partial charge in [-0.2, -0.15) is 13.2 Å². The molecule has 130 valence electrons. The molecular weight excluding hydrogens is 366 g/mol. The van der Waals surface area contributed by atoms with E-state index < -0.39 is 23.5 Å². The van der Waals surface area contributed by atoms with Gasteiger partial charge in [0.15, 0.2) is 11.4 Å². The van der Waals surface area contributed by atoms with Gasteiger partial charge in [-0.25, -0.2) is 4.98 Å². The highest BCUT2D eigenvalue weighted by atomic mass is 35.5. The Morgan fingerprint density at radius 1 is 1.21 bits per heavy atom. The summed E-state index contributed by atoms with van der Waals surface area (Å²) in [6.07, 6.45) is -3.90. The number of carbonyl (C=O) groups excluding carboxylic acids is 1. The average Bonchev–Trinajstić information content (AvgIpc) is 2.93. The summed E-state index contributed by atoms with van der Waals surface area (Å²) >= 11 is 12.0. The Morgan fingerprint density at radius 3 is 2.21 bits per heavy atom. The molecule has 0 atom stereocenters. The molecule has 0 bridgehead atoms. The Morgan fingerprint density at radius 2 is 1.75 bits per heavy atom. The normalized spacial score (nSPS) is 11.6. The van der Waals surface area contributed by atoms with Crippen molar-refractivity contribution in [1.82, 2.24) is 14.5 Å². The van der Waals surface area contributed by atoms with Crippen molar-refractivity contribution >= 4 is 29.1 Å². The number of halogens is 5. The number of rotatable bonds is 4. The summed E-state index contributed by atoms with van der Waals surface area (Å²) in [6, 6.07) is 4.34. The third kappa shape index (κ3) is 3.37. The summed E-state index contributed by atoms with van der Waals surface area (Å²) in [5, 5.41) is 0.0412. The minimum atomic E-state index is -4.81. The van der Waals surface area contributed by atoms with Gasteiger partial charge in [0, 0.05) is 13.1 Å². The fourth-order valence-electron chi connectivity index (χ4n) is 2.33. The summed E-state index contributed by atoms with van der Waals surface area (Å²) in [5.41, 5.74) is -1.95. The van der Waals surface area contributed by atoms with Crippen LogP contribution in [0.1, 0.15) is 30.0 Å². The maximum atomic E-state index is 13.6. The zero-order valence-electron chi connectivity index (χ0n) is 12.9. The minimum Gasteiger partial charge on any atom is -0.338 e. The van der Waals surface area contributed by atoms with Crippen molar-refractivity contribution < 1.29 is 18.0 Å². The van der Waals surface area contributed by atoms with Crippen LogP contribution < -0.4 is 0 Å². The largest absolute Gasteiger partial charge is 0.434 e. The van der Waals surface area contributed by atoms with E-state index in [4.69, 9.17) is 23.2 Å². The van der Waals surface area contributed by atoms with E-state index in [2.05, 4.69) is 4.98 Å². The lowest BCUT2D eigenvalue weighted by Gasteiger charge is -2.19. The molecule has 1 aromatic carbocycles. The number of alkyl halides is 3. The van der Waals surface area contributed by atoms with Crippen molar-refractivity contribution in [2.45, 2.75) is 20.0 Å². The lowest BCUT2D eigenvalue weighted by Crippen LogP contribution is -2.32. The van der Waals surface area contributed by atoms with E-state index in [-0.39, 0.29) is 28.8 Å². The molecule has 0 saturated heterocycles. The van der Waals surface area contributed by atoms with Crippen LogP contribution in [0.2, 0.25) is 10.0 Å². The van der Waals surface area contributed by atoms with Crippen LogP contribution in [-0.4, -0.2) is 33.4 Å². The SMILES string of the molecule is CCN(CC)C(=O)c1ncn(-c2c(Cl)cccc2Cl)c1C(F)(F)F. The molecule has 24 heavy (non-hydrogen) atoms. The molecule has 0 N–H and O–H groups in total. The molecule has 0 spiro atoms. The van der Waals surface area contributed by atoms with Gasteiger partial charge in [-0.05, 0) is 26.0 Å². The Balaban J connectivity index is 2.71. The van der Waals surface area contributed by atoms with Gasteiger partial charge in [-0.3, -0.25) is 9.36 Å². The molecule has 4 nitrogen and oxygen atoms in total. The molecule has 1 amide bonds. The van der Waals surface area contributed by atoms with E-state index in [0.29, 0.717) is 4.57 Å². The fourth-order valence-corrected chi connectivity index (χ4v) is 2.90. The Labute approximate surface area is 146 Å². The highest BCUT2D eigenvalue weighted by Crippen LogP contribution is 2.37. The lowest BCUT2D eigenvalue weighted by atomic mass is 10.2. The van der Waals surface area contributed by atoms with Crippen LogP contribution in [0.25, 0.3) is 5.69 Å². The van der Waals surface area contributed by atoms with Crippen molar-refractivity contribution in [3.63, 3.8) is 0 Å². The predicted molar refractivity (Wildman–Crippen MR) is 85.8 cm³/mol. The maximum absolute atomic E-state index is 13.6. The van der Waals surface area contributed by atoms with E-state index in [1.54, 1.807) is 13.8 Å². The Hall–Kier alpha value is -1.73. The number of hydrogen-bond donors (Lipinski definition) is 0. The van der Waals surface area contributed by atoms with Gasteiger partial charge in [0.05, 0.1) is 15.7 Å². The molecule has 0 unspecified atom stereocenters. The van der Waals surface area contributed by atoms with Gasteiger partial charge < -0.3 is 4.90 Å². The molecule has 1 aromatic heterocycles. The van der Waals surface area contributed by atoms with Crippen LogP contribution in [0, 0.1) is 0 Å². The number of para-hydroxylation sites is 1. The zero-order chi connectivity index (χ0) is 18.1. The third-order valence-electron chi connectivity index (χ3n) is 3.47. The first-order valence-corrected chi connectivity index (χ1v) is 7.86. The van der Waals surface area contributed by atoms with Crippen LogP contribution in [0.5, 0.6) is 0 Å². The zero-order valence-corrected chi connectivity index (χ0v) is 14.4. The van der Waals surface area contributed by atoms with E-state index in [9.17, 15) is 18.0 Å². The van der Waals surface area contributed by atoms with Gasteiger partial charge in [0.1, 0.15) is 6.33 Å². The second kappa shape index (κ2) is 7.03. The van der Waals surface area contributed by atoms with E-state index >= 15 is 0 Å². The monoisotopic (exact) mass is 379 g/mol. The minimum absolute atomic E-state index is 0.0206. The van der Waals surface area contributed by atoms with Crippen LogP contribution in [0.3, 0.4) is 0 Å². The molecule has 0 aliphatic heterocycles. The number of aromatic nitrogens is 2. The topological polar surface area (TPSA) is 38.1 Å². The number of imidazole rings is 1. The predicted octanol–water partition coefficient (Wildman–Crippen LogP) is 4.68. The summed E-state index contributed by atoms with van der Waals surface area (Å²) < 4.78 is 41.5. The standard InChI is InChI=1S/C15H14Cl2F3N3O/c1-3-22(4-2)14(24)11-13(15(18,19)20)23(8-21-11)12-9(16)6-5-7-10(12)17/h5-8H,3-4H2,1-2H3. The molecule has 0 fully saturated rings. The summed E-state index contributed by atoms with van der Waals surface area (Å²) in [4.78, 5) is 17.3. The van der Waals surface area contributed by atoms with Crippen molar-refractivity contribution in [2.75, 3.05) is 13.1 Å². The van der Waals surface area contributed by atoms with Crippen molar-refractivity contribution in [3.05, 3.63) is 46.0 Å².